The van der Waals surface area contributed by atoms with Crippen LogP contribution in [0.5, 0.6) is 0 Å². The Hall–Kier alpha value is -0.970. The summed E-state index contributed by atoms with van der Waals surface area (Å²) in [6, 6.07) is 0. The normalized spacial score (nSPS) is 13.6. The van der Waals surface area contributed by atoms with Crippen LogP contribution in [0.4, 0.5) is 0 Å². The Bertz CT molecular complexity index is 341. The summed E-state index contributed by atoms with van der Waals surface area (Å²) in [6.45, 7) is 1.29. The van der Waals surface area contributed by atoms with Gasteiger partial charge in [0.1, 0.15) is 11.7 Å². The second-order valence-electron chi connectivity index (χ2n) is 3.21. The molecule has 0 aromatic rings. The number of carbonyl (C=O) groups is 2. The number of methoxy groups -OCH3 is 1. The van der Waals surface area contributed by atoms with Crippen molar-refractivity contribution < 1.29 is 27.9 Å². The minimum atomic E-state index is -3.25. The molecule has 0 aliphatic rings. The van der Waals surface area contributed by atoms with E-state index in [9.17, 15) is 14.2 Å². The van der Waals surface area contributed by atoms with Gasteiger partial charge in [-0.2, -0.15) is 0 Å². The van der Waals surface area contributed by atoms with Crippen LogP contribution in [0.3, 0.4) is 0 Å². The van der Waals surface area contributed by atoms with Crippen molar-refractivity contribution >= 4 is 19.3 Å². The van der Waals surface area contributed by atoms with Crippen molar-refractivity contribution in [3.8, 4) is 0 Å². The fourth-order valence-electron chi connectivity index (χ4n) is 1.09. The number of ketones is 1. The number of carbonyl (C=O) groups excluding carboxylic acids is 2. The van der Waals surface area contributed by atoms with Gasteiger partial charge in [-0.1, -0.05) is 6.08 Å². The highest BCUT2D eigenvalue weighted by molar-refractivity contribution is 7.57. The monoisotopic (exact) mass is 264 g/mol. The zero-order valence-electron chi connectivity index (χ0n) is 10.3. The second kappa shape index (κ2) is 7.37. The Morgan fingerprint density at radius 1 is 1.24 bits per heavy atom. The van der Waals surface area contributed by atoms with Gasteiger partial charge in [0.2, 0.25) is 0 Å². The largest absolute Gasteiger partial charge is 0.468 e. The van der Waals surface area contributed by atoms with E-state index in [2.05, 4.69) is 13.8 Å². The molecule has 0 aliphatic carbocycles. The minimum Gasteiger partial charge on any atom is -0.468 e. The smallest absolute Gasteiger partial charge is 0.353 e. The summed E-state index contributed by atoms with van der Waals surface area (Å²) in [5.41, 5.74) is 0. The first-order valence-electron chi connectivity index (χ1n) is 4.87. The van der Waals surface area contributed by atoms with Gasteiger partial charge >= 0.3 is 13.6 Å². The Labute approximate surface area is 100 Å². The molecule has 0 bridgehead atoms. The summed E-state index contributed by atoms with van der Waals surface area (Å²) in [4.78, 5) is 22.4. The molecule has 17 heavy (non-hydrogen) atoms. The lowest BCUT2D eigenvalue weighted by molar-refractivity contribution is -0.148. The predicted molar refractivity (Wildman–Crippen MR) is 61.6 cm³/mol. The van der Waals surface area contributed by atoms with Crippen molar-refractivity contribution in [1.82, 2.24) is 0 Å². The Morgan fingerprint density at radius 2 is 1.76 bits per heavy atom. The van der Waals surface area contributed by atoms with Crippen molar-refractivity contribution in [1.29, 1.82) is 0 Å². The fourth-order valence-corrected chi connectivity index (χ4v) is 1.87. The first-order chi connectivity index (χ1) is 7.90. The average Bonchev–Trinajstić information content (AvgIpc) is 2.33. The van der Waals surface area contributed by atoms with Crippen LogP contribution in [0, 0.1) is 5.92 Å². The van der Waals surface area contributed by atoms with E-state index in [1.807, 2.05) is 0 Å². The lowest BCUT2D eigenvalue weighted by Crippen LogP contribution is -2.22. The summed E-state index contributed by atoms with van der Waals surface area (Å²) >= 11 is 0. The first-order valence-corrected chi connectivity index (χ1v) is 6.48. The number of esters is 1. The molecule has 0 aliphatic heterocycles. The van der Waals surface area contributed by atoms with Crippen LogP contribution in [0.25, 0.3) is 0 Å². The van der Waals surface area contributed by atoms with Gasteiger partial charge in [0.25, 0.3) is 0 Å². The van der Waals surface area contributed by atoms with Crippen molar-refractivity contribution in [3.63, 3.8) is 0 Å². The van der Waals surface area contributed by atoms with Crippen LogP contribution in [-0.2, 0) is 27.9 Å². The lowest BCUT2D eigenvalue weighted by Gasteiger charge is -2.10. The summed E-state index contributed by atoms with van der Waals surface area (Å²) in [5, 5.41) is 0. The van der Waals surface area contributed by atoms with E-state index in [0.29, 0.717) is 0 Å². The molecule has 0 N–H and O–H groups in total. The maximum absolute atomic E-state index is 11.6. The van der Waals surface area contributed by atoms with E-state index in [-0.39, 0.29) is 12.2 Å². The summed E-state index contributed by atoms with van der Waals surface area (Å²) in [6.07, 6.45) is 1.51. The molecule has 0 rings (SSSR count). The molecule has 0 heterocycles. The molecular weight excluding hydrogens is 247 g/mol. The van der Waals surface area contributed by atoms with Crippen molar-refractivity contribution in [2.24, 2.45) is 5.92 Å². The van der Waals surface area contributed by atoms with E-state index in [0.717, 1.165) is 0 Å². The molecule has 1 atom stereocenters. The average molecular weight is 264 g/mol. The standard InChI is InChI=1S/C10H17O6P/c1-8(11)9(10(12)14-2)6-5-7-17(13,15-3)16-4/h5,7,9H,6H2,1-4H3/b7-5+/t9-/m1/s1. The van der Waals surface area contributed by atoms with Gasteiger partial charge < -0.3 is 13.8 Å². The lowest BCUT2D eigenvalue weighted by atomic mass is 10.0. The summed E-state index contributed by atoms with van der Waals surface area (Å²) < 4.78 is 25.4. The molecular formula is C10H17O6P. The topological polar surface area (TPSA) is 78.9 Å². The molecule has 0 radical (unpaired) electrons. The van der Waals surface area contributed by atoms with Crippen molar-refractivity contribution in [3.05, 3.63) is 11.9 Å². The van der Waals surface area contributed by atoms with E-state index >= 15 is 0 Å². The van der Waals surface area contributed by atoms with E-state index in [4.69, 9.17) is 0 Å². The van der Waals surface area contributed by atoms with Gasteiger partial charge in [-0.05, 0) is 13.3 Å². The highest BCUT2D eigenvalue weighted by Crippen LogP contribution is 2.48. The van der Waals surface area contributed by atoms with Crippen LogP contribution in [0.1, 0.15) is 13.3 Å². The van der Waals surface area contributed by atoms with Gasteiger partial charge in [0, 0.05) is 20.0 Å². The van der Waals surface area contributed by atoms with Gasteiger partial charge in [-0.3, -0.25) is 14.2 Å². The molecule has 0 unspecified atom stereocenters. The van der Waals surface area contributed by atoms with E-state index in [1.54, 1.807) is 0 Å². The molecule has 7 heteroatoms. The molecule has 0 saturated heterocycles. The maximum atomic E-state index is 11.6. The highest BCUT2D eigenvalue weighted by atomic mass is 31.2. The Kier molecular flexibility index (Phi) is 6.95. The van der Waals surface area contributed by atoms with E-state index in [1.165, 1.54) is 40.1 Å². The molecule has 6 nitrogen and oxygen atoms in total. The van der Waals surface area contributed by atoms with E-state index < -0.39 is 19.5 Å². The van der Waals surface area contributed by atoms with Gasteiger partial charge in [-0.15, -0.1) is 0 Å². The third-order valence-electron chi connectivity index (χ3n) is 2.15. The van der Waals surface area contributed by atoms with Crippen molar-refractivity contribution in [2.75, 3.05) is 21.3 Å². The first kappa shape index (κ1) is 16.0. The Morgan fingerprint density at radius 3 is 2.12 bits per heavy atom. The zero-order chi connectivity index (χ0) is 13.5. The van der Waals surface area contributed by atoms with Crippen LogP contribution < -0.4 is 0 Å². The molecule has 0 spiro atoms. The van der Waals surface area contributed by atoms with Crippen molar-refractivity contribution in [2.45, 2.75) is 13.3 Å². The molecule has 98 valence electrons. The molecule has 0 saturated carbocycles. The maximum Gasteiger partial charge on any atom is 0.353 e. The van der Waals surface area contributed by atoms with Crippen LogP contribution in [0.2, 0.25) is 0 Å². The third-order valence-corrected chi connectivity index (χ3v) is 3.74. The number of Topliss-reactive ketones (excluding diaryl/α,β-unsaturated/α-hetero) is 1. The summed E-state index contributed by atoms with van der Waals surface area (Å²) in [5.74, 6) is -0.609. The predicted octanol–water partition coefficient (Wildman–Crippen LogP) is 1.75. The van der Waals surface area contributed by atoms with Crippen LogP contribution in [0.15, 0.2) is 11.9 Å². The molecule has 0 aromatic carbocycles. The number of ether oxygens (including phenoxy) is 1. The van der Waals surface area contributed by atoms with Gasteiger partial charge in [0.15, 0.2) is 0 Å². The summed E-state index contributed by atoms with van der Waals surface area (Å²) in [7, 11) is 0.450. The molecule has 0 aromatic heterocycles. The van der Waals surface area contributed by atoms with Gasteiger partial charge in [0.05, 0.1) is 7.11 Å². The second-order valence-corrected chi connectivity index (χ2v) is 5.32. The number of hydrogen-bond donors (Lipinski definition) is 0. The number of allylic oxidation sites excluding steroid dienone is 1. The third kappa shape index (κ3) is 5.26. The Balaban J connectivity index is 4.61. The quantitative estimate of drug-likeness (QED) is 0.396. The highest BCUT2D eigenvalue weighted by Gasteiger charge is 2.23. The zero-order valence-corrected chi connectivity index (χ0v) is 11.2. The van der Waals surface area contributed by atoms with Gasteiger partial charge in [-0.25, -0.2) is 0 Å². The van der Waals surface area contributed by atoms with Crippen LogP contribution >= 0.6 is 7.60 Å². The SMILES string of the molecule is COC(=O)[C@H](C/C=C/P(=O)(OC)OC)C(C)=O. The molecule has 0 fully saturated rings. The van der Waals surface area contributed by atoms with Crippen LogP contribution in [-0.4, -0.2) is 33.1 Å². The number of hydrogen-bond acceptors (Lipinski definition) is 6. The minimum absolute atomic E-state index is 0.0959. The number of rotatable bonds is 7. The molecule has 0 amide bonds. The fraction of sp³-hybridized carbons (Fsp3) is 0.600.